The molecule has 3 aromatic rings. The molecule has 0 saturated carbocycles. The van der Waals surface area contributed by atoms with Gasteiger partial charge in [0.2, 0.25) is 6.79 Å². The largest absolute Gasteiger partial charge is 0.507 e. The number of benzene rings is 3. The molecule has 1 saturated heterocycles. The first-order chi connectivity index (χ1) is 21.7. The average Bonchev–Trinajstić information content (AvgIpc) is 3.60. The minimum absolute atomic E-state index is 0.0364. The van der Waals surface area contributed by atoms with E-state index in [2.05, 4.69) is 15.9 Å². The maximum atomic E-state index is 13.7. The highest BCUT2D eigenvalue weighted by Crippen LogP contribution is 2.58. The molecule has 2 N–H and O–H groups in total. The van der Waals surface area contributed by atoms with Crippen LogP contribution in [-0.4, -0.2) is 82.3 Å². The molecule has 5 aliphatic rings. The van der Waals surface area contributed by atoms with Crippen molar-refractivity contribution in [3.05, 3.63) is 74.8 Å². The maximum Gasteiger partial charge on any atom is 0.261 e. The predicted molar refractivity (Wildman–Crippen MR) is 160 cm³/mol. The van der Waals surface area contributed by atoms with Crippen molar-refractivity contribution in [3.8, 4) is 34.8 Å². The number of likely N-dealkylation sites (N-methyl/N-ethyl adjacent to an activating group) is 1. The number of carbonyl (C=O) groups is 2. The Labute approximate surface area is 259 Å². The second-order valence-electron chi connectivity index (χ2n) is 12.5. The fourth-order valence-corrected chi connectivity index (χ4v) is 8.60. The molecule has 2 unspecified atom stereocenters. The fraction of sp³-hybridized carbons (Fsp3) is 0.382. The highest BCUT2D eigenvalue weighted by molar-refractivity contribution is 6.21. The summed E-state index contributed by atoms with van der Waals surface area (Å²) in [6, 6.07) is 8.91. The summed E-state index contributed by atoms with van der Waals surface area (Å²) >= 11 is 0. The van der Waals surface area contributed by atoms with E-state index < -0.39 is 29.9 Å². The number of ether oxygens (including phenoxy) is 3. The first-order valence-corrected chi connectivity index (χ1v) is 15.0. The minimum Gasteiger partial charge on any atom is -0.507 e. The second kappa shape index (κ2) is 9.60. The summed E-state index contributed by atoms with van der Waals surface area (Å²) in [5.74, 6) is 0.583. The Kier molecular flexibility index (Phi) is 5.92. The van der Waals surface area contributed by atoms with Gasteiger partial charge in [0.05, 0.1) is 36.4 Å². The summed E-state index contributed by atoms with van der Waals surface area (Å²) in [6.07, 6.45) is 0.831. The number of carbonyl (C=O) groups excluding carboxylic acids is 2. The number of hydrogen-bond acceptors (Lipinski definition) is 10. The van der Waals surface area contributed by atoms with Crippen molar-refractivity contribution in [2.24, 2.45) is 0 Å². The summed E-state index contributed by atoms with van der Waals surface area (Å²) in [4.78, 5) is 32.8. The predicted octanol–water partition coefficient (Wildman–Crippen LogP) is 3.52. The Bertz CT molecular complexity index is 1850. The van der Waals surface area contributed by atoms with Gasteiger partial charge < -0.3 is 24.4 Å². The van der Waals surface area contributed by atoms with Gasteiger partial charge in [0.1, 0.15) is 11.8 Å². The van der Waals surface area contributed by atoms with Crippen molar-refractivity contribution >= 4 is 11.8 Å². The number of phenolic OH excluding ortho intramolecular Hbond substituents is 2. The monoisotopic (exact) mass is 608 g/mol. The van der Waals surface area contributed by atoms with Crippen LogP contribution in [0, 0.1) is 25.2 Å². The van der Waals surface area contributed by atoms with E-state index in [1.807, 2.05) is 20.0 Å². The van der Waals surface area contributed by atoms with Crippen LogP contribution in [0.3, 0.4) is 0 Å². The molecule has 230 valence electrons. The maximum absolute atomic E-state index is 13.7. The molecule has 0 spiro atoms. The molecule has 0 radical (unpaired) electrons. The number of aryl methyl sites for hydroxylation is 1. The Morgan fingerprint density at radius 3 is 2.36 bits per heavy atom. The lowest BCUT2D eigenvalue weighted by Gasteiger charge is -2.60. The molecule has 5 atom stereocenters. The third-order valence-corrected chi connectivity index (χ3v) is 10.5. The van der Waals surface area contributed by atoms with E-state index in [4.69, 9.17) is 14.2 Å². The zero-order valence-electron chi connectivity index (χ0n) is 25.3. The van der Waals surface area contributed by atoms with Crippen LogP contribution in [-0.2, 0) is 12.8 Å². The van der Waals surface area contributed by atoms with Crippen LogP contribution in [0.2, 0.25) is 0 Å². The lowest BCUT2D eigenvalue weighted by molar-refractivity contribution is -0.0758. The number of piperazine rings is 1. The number of fused-ring (bicyclic) bond motifs is 10. The summed E-state index contributed by atoms with van der Waals surface area (Å²) < 4.78 is 17.4. The van der Waals surface area contributed by atoms with Crippen LogP contribution in [0.1, 0.15) is 66.2 Å². The second-order valence-corrected chi connectivity index (χ2v) is 12.5. The molecule has 45 heavy (non-hydrogen) atoms. The van der Waals surface area contributed by atoms with E-state index in [0.29, 0.717) is 57.9 Å². The van der Waals surface area contributed by atoms with Crippen molar-refractivity contribution in [2.75, 3.05) is 27.5 Å². The van der Waals surface area contributed by atoms with Gasteiger partial charge in [-0.15, -0.1) is 0 Å². The summed E-state index contributed by atoms with van der Waals surface area (Å²) in [7, 11) is 3.49. The van der Waals surface area contributed by atoms with Crippen LogP contribution < -0.4 is 14.2 Å². The van der Waals surface area contributed by atoms with Crippen molar-refractivity contribution in [3.63, 3.8) is 0 Å². The van der Waals surface area contributed by atoms with E-state index in [9.17, 15) is 25.1 Å². The molecule has 8 rings (SSSR count). The number of nitriles is 1. The molecule has 0 aliphatic carbocycles. The third-order valence-electron chi connectivity index (χ3n) is 10.5. The summed E-state index contributed by atoms with van der Waals surface area (Å²) in [5.41, 5.74) is 4.92. The number of hydrogen-bond donors (Lipinski definition) is 2. The molecular formula is C34H32N4O7. The molecule has 3 aromatic carbocycles. The van der Waals surface area contributed by atoms with Crippen molar-refractivity contribution < 1.29 is 34.0 Å². The highest BCUT2D eigenvalue weighted by atomic mass is 16.7. The average molecular weight is 609 g/mol. The summed E-state index contributed by atoms with van der Waals surface area (Å²) in [5, 5.41) is 34.1. The van der Waals surface area contributed by atoms with Crippen molar-refractivity contribution in [2.45, 2.75) is 56.9 Å². The van der Waals surface area contributed by atoms with Crippen LogP contribution in [0.15, 0.2) is 30.3 Å². The molecule has 11 heteroatoms. The molecule has 1 fully saturated rings. The molecule has 2 amide bonds. The third kappa shape index (κ3) is 3.52. The summed E-state index contributed by atoms with van der Waals surface area (Å²) in [6.45, 7) is 3.56. The number of nitrogens with zero attached hydrogens (tertiary/aromatic N) is 4. The van der Waals surface area contributed by atoms with Gasteiger partial charge in [0.15, 0.2) is 23.0 Å². The van der Waals surface area contributed by atoms with Gasteiger partial charge in [-0.25, -0.2) is 0 Å². The van der Waals surface area contributed by atoms with E-state index in [1.165, 1.54) is 12.0 Å². The number of amides is 2. The zero-order valence-corrected chi connectivity index (χ0v) is 25.3. The molecule has 5 aliphatic heterocycles. The molecule has 5 heterocycles. The number of imide groups is 1. The van der Waals surface area contributed by atoms with Crippen molar-refractivity contribution in [1.29, 1.82) is 5.26 Å². The highest BCUT2D eigenvalue weighted by Gasteiger charge is 2.57. The molecule has 2 bridgehead atoms. The van der Waals surface area contributed by atoms with Crippen molar-refractivity contribution in [1.82, 2.24) is 14.7 Å². The van der Waals surface area contributed by atoms with Gasteiger partial charge in [-0.2, -0.15) is 5.26 Å². The van der Waals surface area contributed by atoms with E-state index in [-0.39, 0.29) is 36.9 Å². The van der Waals surface area contributed by atoms with E-state index in [0.717, 1.165) is 16.7 Å². The number of phenols is 2. The Morgan fingerprint density at radius 1 is 1.00 bits per heavy atom. The lowest BCUT2D eigenvalue weighted by atomic mass is 9.71. The van der Waals surface area contributed by atoms with Gasteiger partial charge in [-0.1, -0.05) is 18.2 Å². The molecule has 11 nitrogen and oxygen atoms in total. The number of methoxy groups -OCH3 is 1. The Hall–Kier alpha value is -4.79. The Balaban J connectivity index is 1.35. The standard InChI is InChI=1S/C34H32N4O7/c1-15-9-17-10-21-23(12-35)38-22(27(36(21)3)25(17)29(40)30(15)43-4)11-20-26(32-31(44-14-45-32)16(2)28(20)39)24(38)13-37-33(41)18-7-5-6-8-19(18)34(37)42/h5-9,21-24,27,39-40H,10-11,13-14H2,1-4H3/t21-,22?,23?,24-,27-/m0/s1. The molecule has 0 aromatic heterocycles. The van der Waals surface area contributed by atoms with Gasteiger partial charge in [0.25, 0.3) is 11.8 Å². The lowest BCUT2D eigenvalue weighted by Crippen LogP contribution is -2.68. The van der Waals surface area contributed by atoms with Crippen LogP contribution in [0.5, 0.6) is 28.7 Å². The van der Waals surface area contributed by atoms with Gasteiger partial charge in [0, 0.05) is 40.9 Å². The zero-order chi connectivity index (χ0) is 31.5. The number of rotatable bonds is 3. The van der Waals surface area contributed by atoms with Crippen LogP contribution in [0.25, 0.3) is 0 Å². The van der Waals surface area contributed by atoms with E-state index >= 15 is 0 Å². The van der Waals surface area contributed by atoms with E-state index in [1.54, 1.807) is 31.2 Å². The first kappa shape index (κ1) is 27.7. The Morgan fingerprint density at radius 2 is 1.69 bits per heavy atom. The molecular weight excluding hydrogens is 576 g/mol. The van der Waals surface area contributed by atoms with Gasteiger partial charge >= 0.3 is 0 Å². The van der Waals surface area contributed by atoms with Crippen LogP contribution >= 0.6 is 0 Å². The fourth-order valence-electron chi connectivity index (χ4n) is 8.60. The van der Waals surface area contributed by atoms with Gasteiger partial charge in [-0.05, 0) is 57.0 Å². The van der Waals surface area contributed by atoms with Gasteiger partial charge in [-0.3, -0.25) is 24.3 Å². The first-order valence-electron chi connectivity index (χ1n) is 15.0. The normalized spacial score (nSPS) is 26.2. The minimum atomic E-state index is -0.706. The smallest absolute Gasteiger partial charge is 0.261 e. The topological polar surface area (TPSA) is 136 Å². The number of aromatic hydroxyl groups is 2. The quantitative estimate of drug-likeness (QED) is 0.425. The van der Waals surface area contributed by atoms with Crippen LogP contribution in [0.4, 0.5) is 0 Å². The SMILES string of the molecule is COc1c(C)cc2c(c1O)[C@@H]1C3Cc4c(O)c(C)c5c(c4[C@H](CN4C(=O)c6ccccc6C4=O)N3C(C#N)[C@H](C2)N1C)OCO5.